The van der Waals surface area contributed by atoms with E-state index in [1.807, 2.05) is 6.92 Å². The van der Waals surface area contributed by atoms with Gasteiger partial charge in [0.25, 0.3) is 0 Å². The van der Waals surface area contributed by atoms with Crippen LogP contribution in [0.4, 0.5) is 4.79 Å². The maximum atomic E-state index is 11.6. The van der Waals surface area contributed by atoms with Crippen molar-refractivity contribution >= 4 is 41.9 Å². The van der Waals surface area contributed by atoms with E-state index >= 15 is 0 Å². The Morgan fingerprint density at radius 3 is 2.46 bits per heavy atom. The van der Waals surface area contributed by atoms with Gasteiger partial charge in [-0.25, -0.2) is 4.79 Å². The summed E-state index contributed by atoms with van der Waals surface area (Å²) in [6.45, 7) is 5.97. The molecular weight excluding hydrogens is 471 g/mol. The molecule has 0 aromatic heterocycles. The molecule has 3 N–H and O–H groups in total. The van der Waals surface area contributed by atoms with Gasteiger partial charge in [-0.3, -0.25) is 14.7 Å². The molecule has 3 aliphatic rings. The number of piperidine rings is 1. The number of guanidine groups is 1. The monoisotopic (exact) mass is 506 g/mol. The highest BCUT2D eigenvalue weighted by molar-refractivity contribution is 14.0. The number of nitrogens with zero attached hydrogens (tertiary/aromatic N) is 3. The fourth-order valence-corrected chi connectivity index (χ4v) is 4.31. The zero-order chi connectivity index (χ0) is 19.1. The molecule has 3 amide bonds. The van der Waals surface area contributed by atoms with Gasteiger partial charge in [-0.15, -0.1) is 24.0 Å². The number of imide groups is 1. The maximum absolute atomic E-state index is 11.6. The van der Waals surface area contributed by atoms with E-state index in [1.54, 1.807) is 0 Å². The van der Waals surface area contributed by atoms with Crippen molar-refractivity contribution in [1.29, 1.82) is 0 Å². The van der Waals surface area contributed by atoms with Crippen LogP contribution < -0.4 is 16.0 Å². The summed E-state index contributed by atoms with van der Waals surface area (Å²) < 4.78 is 0. The normalized spacial score (nSPS) is 22.8. The van der Waals surface area contributed by atoms with Gasteiger partial charge in [-0.1, -0.05) is 19.3 Å². The predicted octanol–water partition coefficient (Wildman–Crippen LogP) is 1.51. The lowest BCUT2D eigenvalue weighted by molar-refractivity contribution is -0.124. The molecule has 0 spiro atoms. The van der Waals surface area contributed by atoms with Gasteiger partial charge in [0.15, 0.2) is 5.96 Å². The van der Waals surface area contributed by atoms with Gasteiger partial charge in [0, 0.05) is 31.7 Å². The third-order valence-electron chi connectivity index (χ3n) is 5.84. The number of likely N-dealkylation sites (tertiary alicyclic amines) is 1. The average Bonchev–Trinajstić information content (AvgIpc) is 3.01. The van der Waals surface area contributed by atoms with Crippen molar-refractivity contribution in [3.8, 4) is 0 Å². The van der Waals surface area contributed by atoms with Crippen molar-refractivity contribution in [3.63, 3.8) is 0 Å². The second kappa shape index (κ2) is 11.8. The van der Waals surface area contributed by atoms with E-state index in [2.05, 4.69) is 25.8 Å². The summed E-state index contributed by atoms with van der Waals surface area (Å²) in [6, 6.07) is 0.911. The van der Waals surface area contributed by atoms with E-state index in [0.717, 1.165) is 44.5 Å². The fraction of sp³-hybridized carbons (Fsp3) is 0.842. The van der Waals surface area contributed by atoms with Gasteiger partial charge in [-0.05, 0) is 32.6 Å². The van der Waals surface area contributed by atoms with Crippen LogP contribution in [-0.4, -0.2) is 79.0 Å². The average molecular weight is 506 g/mol. The van der Waals surface area contributed by atoms with E-state index in [0.29, 0.717) is 19.1 Å². The summed E-state index contributed by atoms with van der Waals surface area (Å²) in [5.74, 6) is 0.601. The van der Waals surface area contributed by atoms with Crippen molar-refractivity contribution in [2.45, 2.75) is 64.0 Å². The highest BCUT2D eigenvalue weighted by atomic mass is 127. The molecule has 1 saturated carbocycles. The lowest BCUT2D eigenvalue weighted by Crippen LogP contribution is -2.51. The van der Waals surface area contributed by atoms with Gasteiger partial charge in [0.05, 0.1) is 19.6 Å². The number of nitrogens with one attached hydrogen (secondary N) is 3. The van der Waals surface area contributed by atoms with Gasteiger partial charge >= 0.3 is 6.03 Å². The third-order valence-corrected chi connectivity index (χ3v) is 5.84. The van der Waals surface area contributed by atoms with Crippen LogP contribution in [0.2, 0.25) is 0 Å². The summed E-state index contributed by atoms with van der Waals surface area (Å²) in [5.41, 5.74) is 0. The second-order valence-corrected chi connectivity index (χ2v) is 7.71. The second-order valence-electron chi connectivity index (χ2n) is 7.71. The number of hydrogen-bond donors (Lipinski definition) is 3. The summed E-state index contributed by atoms with van der Waals surface area (Å²) in [6.07, 6.45) is 9.18. The van der Waals surface area contributed by atoms with E-state index in [-0.39, 0.29) is 42.5 Å². The van der Waals surface area contributed by atoms with Crippen LogP contribution >= 0.6 is 24.0 Å². The molecule has 160 valence electrons. The van der Waals surface area contributed by atoms with Gasteiger partial charge in [0.2, 0.25) is 5.91 Å². The Hall–Kier alpha value is -1.10. The smallest absolute Gasteiger partial charge is 0.324 e. The molecule has 0 radical (unpaired) electrons. The van der Waals surface area contributed by atoms with Crippen LogP contribution in [0.3, 0.4) is 0 Å². The Balaban J connectivity index is 0.00000280. The molecule has 0 unspecified atom stereocenters. The van der Waals surface area contributed by atoms with Crippen molar-refractivity contribution in [2.75, 3.05) is 39.3 Å². The molecule has 0 atom stereocenters. The predicted molar refractivity (Wildman–Crippen MR) is 121 cm³/mol. The van der Waals surface area contributed by atoms with Crippen LogP contribution in [0.5, 0.6) is 0 Å². The maximum Gasteiger partial charge on any atom is 0.324 e. The minimum Gasteiger partial charge on any atom is -0.357 e. The Morgan fingerprint density at radius 2 is 1.86 bits per heavy atom. The molecule has 0 aromatic carbocycles. The van der Waals surface area contributed by atoms with E-state index in [9.17, 15) is 9.59 Å². The Morgan fingerprint density at radius 1 is 1.14 bits per heavy atom. The number of carbonyl (C=O) groups is 2. The molecule has 0 bridgehead atoms. The van der Waals surface area contributed by atoms with Crippen LogP contribution in [0.15, 0.2) is 4.99 Å². The molecule has 3 rings (SSSR count). The highest BCUT2D eigenvalue weighted by Gasteiger charge is 2.28. The summed E-state index contributed by atoms with van der Waals surface area (Å²) in [4.78, 5) is 31.7. The largest absolute Gasteiger partial charge is 0.357 e. The van der Waals surface area contributed by atoms with Gasteiger partial charge < -0.3 is 20.9 Å². The van der Waals surface area contributed by atoms with E-state index < -0.39 is 0 Å². The number of hydrogen-bond acceptors (Lipinski definition) is 4. The Labute approximate surface area is 185 Å². The van der Waals surface area contributed by atoms with Crippen molar-refractivity contribution < 1.29 is 9.59 Å². The molecular formula is C19H35IN6O2. The first-order chi connectivity index (χ1) is 13.2. The van der Waals surface area contributed by atoms with Crippen LogP contribution in [-0.2, 0) is 4.79 Å². The first-order valence-corrected chi connectivity index (χ1v) is 10.5. The summed E-state index contributed by atoms with van der Waals surface area (Å²) in [5, 5.41) is 9.34. The number of amides is 3. The molecule has 1 aliphatic carbocycles. The highest BCUT2D eigenvalue weighted by Crippen LogP contribution is 2.25. The van der Waals surface area contributed by atoms with Crippen LogP contribution in [0, 0.1) is 0 Å². The van der Waals surface area contributed by atoms with Gasteiger partial charge in [-0.2, -0.15) is 0 Å². The summed E-state index contributed by atoms with van der Waals surface area (Å²) >= 11 is 0. The van der Waals surface area contributed by atoms with Crippen LogP contribution in [0.1, 0.15) is 51.9 Å². The SMILES string of the molecule is CCNC(=NCCN1C(=O)CNC1=O)NC1CCN(C2CCCCC2)CC1.I. The van der Waals surface area contributed by atoms with E-state index in [4.69, 9.17) is 0 Å². The fourth-order valence-electron chi connectivity index (χ4n) is 4.31. The molecule has 9 heteroatoms. The zero-order valence-electron chi connectivity index (χ0n) is 16.9. The van der Waals surface area contributed by atoms with E-state index in [1.165, 1.54) is 37.0 Å². The quantitative estimate of drug-likeness (QED) is 0.220. The minimum atomic E-state index is -0.316. The van der Waals surface area contributed by atoms with Crippen LogP contribution in [0.25, 0.3) is 0 Å². The number of carbonyl (C=O) groups excluding carboxylic acids is 2. The Bertz CT molecular complexity index is 529. The molecule has 28 heavy (non-hydrogen) atoms. The lowest BCUT2D eigenvalue weighted by atomic mass is 9.92. The first-order valence-electron chi connectivity index (χ1n) is 10.5. The zero-order valence-corrected chi connectivity index (χ0v) is 19.2. The van der Waals surface area contributed by atoms with Crippen molar-refractivity contribution in [2.24, 2.45) is 4.99 Å². The standard InChI is InChI=1S/C19H34N6O2.HI/c1-2-20-18(21-10-13-25-17(26)14-22-19(25)27)23-15-8-11-24(12-9-15)16-6-4-3-5-7-16;/h15-16H,2-14H2,1H3,(H,22,27)(H2,20,21,23);1H. The Kier molecular flexibility index (Phi) is 9.76. The molecule has 3 fully saturated rings. The molecule has 2 heterocycles. The third kappa shape index (κ3) is 6.47. The number of halogens is 1. The number of urea groups is 1. The number of aliphatic imine (C=N–C) groups is 1. The number of rotatable bonds is 6. The molecule has 0 aromatic rings. The van der Waals surface area contributed by atoms with Gasteiger partial charge in [0.1, 0.15) is 0 Å². The lowest BCUT2D eigenvalue weighted by Gasteiger charge is -2.39. The topological polar surface area (TPSA) is 89.1 Å². The summed E-state index contributed by atoms with van der Waals surface area (Å²) in [7, 11) is 0. The molecule has 8 nitrogen and oxygen atoms in total. The molecule has 2 aliphatic heterocycles. The van der Waals surface area contributed by atoms with Crippen molar-refractivity contribution in [3.05, 3.63) is 0 Å². The first kappa shape index (κ1) is 23.2. The minimum absolute atomic E-state index is 0. The van der Waals surface area contributed by atoms with Crippen molar-refractivity contribution in [1.82, 2.24) is 25.8 Å². The molecule has 2 saturated heterocycles.